The lowest BCUT2D eigenvalue weighted by Crippen LogP contribution is -2.25. The topological polar surface area (TPSA) is 112 Å². The first-order valence-corrected chi connectivity index (χ1v) is 11.0. The molecule has 0 unspecified atom stereocenters. The molecule has 9 nitrogen and oxygen atoms in total. The van der Waals surface area contributed by atoms with Crippen LogP contribution in [0.3, 0.4) is 0 Å². The van der Waals surface area contributed by atoms with Crippen molar-refractivity contribution in [3.63, 3.8) is 0 Å². The molecule has 3 heterocycles. The van der Waals surface area contributed by atoms with E-state index in [0.717, 1.165) is 5.56 Å². The van der Waals surface area contributed by atoms with Crippen LogP contribution < -0.4 is 15.4 Å². The Morgan fingerprint density at radius 2 is 2.00 bits per heavy atom. The van der Waals surface area contributed by atoms with Crippen molar-refractivity contribution in [2.75, 3.05) is 5.32 Å². The van der Waals surface area contributed by atoms with Crippen molar-refractivity contribution in [3.05, 3.63) is 88.5 Å². The van der Waals surface area contributed by atoms with Crippen LogP contribution in [-0.2, 0) is 19.7 Å². The third kappa shape index (κ3) is 5.49. The molecule has 0 atom stereocenters. The first-order valence-electron chi connectivity index (χ1n) is 10.6. The van der Waals surface area contributed by atoms with Gasteiger partial charge < -0.3 is 24.2 Å². The van der Waals surface area contributed by atoms with Crippen molar-refractivity contribution in [2.45, 2.75) is 33.5 Å². The Morgan fingerprint density at radius 1 is 1.15 bits per heavy atom. The number of aryl methyl sites for hydroxylation is 2. The minimum atomic E-state index is -0.510. The highest BCUT2D eigenvalue weighted by molar-refractivity contribution is 6.31. The van der Waals surface area contributed by atoms with Gasteiger partial charge in [0.05, 0.1) is 18.5 Å². The second-order valence-corrected chi connectivity index (χ2v) is 7.84. The van der Waals surface area contributed by atoms with E-state index in [9.17, 15) is 9.59 Å². The zero-order valence-electron chi connectivity index (χ0n) is 18.6. The summed E-state index contributed by atoms with van der Waals surface area (Å²) in [5.74, 6) is 0.847. The number of nitrogens with one attached hydrogen (secondary N) is 2. The molecule has 2 N–H and O–H groups in total. The van der Waals surface area contributed by atoms with Crippen molar-refractivity contribution in [2.24, 2.45) is 0 Å². The van der Waals surface area contributed by atoms with E-state index in [1.807, 2.05) is 19.9 Å². The first-order chi connectivity index (χ1) is 16.4. The normalized spacial score (nSPS) is 10.8. The summed E-state index contributed by atoms with van der Waals surface area (Å²) >= 11 is 6.03. The van der Waals surface area contributed by atoms with Gasteiger partial charge >= 0.3 is 0 Å². The lowest BCUT2D eigenvalue weighted by Gasteiger charge is -2.06. The maximum Gasteiger partial charge on any atom is 0.291 e. The van der Waals surface area contributed by atoms with Crippen LogP contribution in [0.15, 0.2) is 63.8 Å². The Bertz CT molecular complexity index is 1290. The van der Waals surface area contributed by atoms with E-state index in [2.05, 4.69) is 15.7 Å². The van der Waals surface area contributed by atoms with Gasteiger partial charge in [0, 0.05) is 17.8 Å². The number of carbonyl (C=O) groups excluding carboxylic acids is 2. The molecule has 34 heavy (non-hydrogen) atoms. The molecule has 4 aromatic rings. The molecular formula is C24H23ClN4O5. The van der Waals surface area contributed by atoms with Gasteiger partial charge in [0.1, 0.15) is 23.9 Å². The standard InChI is InChI=1S/C24H23ClN4O5/c1-3-29-13-20(22(28-29)24(31)26-12-17-5-4-10-32-17)27-23(30)21-9-7-18(34-21)14-33-16-6-8-19(25)15(2)11-16/h4-11,13H,3,12,14H2,1-2H3,(H,26,31)(H,27,30). The van der Waals surface area contributed by atoms with E-state index in [1.54, 1.807) is 47.3 Å². The summed E-state index contributed by atoms with van der Waals surface area (Å²) in [6.45, 7) is 4.64. The SMILES string of the molecule is CCn1cc(NC(=O)c2ccc(COc3ccc(Cl)c(C)c3)o2)c(C(=O)NCc2ccco2)n1. The highest BCUT2D eigenvalue weighted by Gasteiger charge is 2.21. The maximum absolute atomic E-state index is 12.8. The zero-order valence-corrected chi connectivity index (χ0v) is 19.4. The number of furan rings is 2. The Labute approximate surface area is 200 Å². The molecule has 176 valence electrons. The lowest BCUT2D eigenvalue weighted by molar-refractivity contribution is 0.0943. The van der Waals surface area contributed by atoms with Crippen molar-refractivity contribution < 1.29 is 23.2 Å². The van der Waals surface area contributed by atoms with Crippen molar-refractivity contribution in [1.82, 2.24) is 15.1 Å². The number of halogens is 1. The average Bonchev–Trinajstić information content (AvgIpc) is 3.59. The maximum atomic E-state index is 12.8. The van der Waals surface area contributed by atoms with Crippen LogP contribution in [-0.4, -0.2) is 21.6 Å². The van der Waals surface area contributed by atoms with Crippen molar-refractivity contribution in [1.29, 1.82) is 0 Å². The molecule has 0 radical (unpaired) electrons. The van der Waals surface area contributed by atoms with Crippen LogP contribution in [0.4, 0.5) is 5.69 Å². The smallest absolute Gasteiger partial charge is 0.291 e. The van der Waals surface area contributed by atoms with Crippen LogP contribution in [0.5, 0.6) is 5.75 Å². The fourth-order valence-corrected chi connectivity index (χ4v) is 3.25. The summed E-state index contributed by atoms with van der Waals surface area (Å²) < 4.78 is 18.1. The number of amides is 2. The molecule has 1 aromatic carbocycles. The molecule has 0 bridgehead atoms. The van der Waals surface area contributed by atoms with Crippen LogP contribution >= 0.6 is 11.6 Å². The summed E-state index contributed by atoms with van der Waals surface area (Å²) in [4.78, 5) is 25.4. The monoisotopic (exact) mass is 482 g/mol. The molecule has 0 aliphatic heterocycles. The van der Waals surface area contributed by atoms with Crippen molar-refractivity contribution in [3.8, 4) is 5.75 Å². The van der Waals surface area contributed by atoms with E-state index in [-0.39, 0.29) is 30.3 Å². The summed E-state index contributed by atoms with van der Waals surface area (Å²) in [5, 5.41) is 10.3. The van der Waals surface area contributed by atoms with Crippen LogP contribution in [0, 0.1) is 6.92 Å². The number of rotatable bonds is 9. The van der Waals surface area contributed by atoms with E-state index >= 15 is 0 Å². The predicted molar refractivity (Wildman–Crippen MR) is 125 cm³/mol. The number of hydrogen-bond donors (Lipinski definition) is 2. The predicted octanol–water partition coefficient (Wildman–Crippen LogP) is 4.81. The highest BCUT2D eigenvalue weighted by Crippen LogP contribution is 2.22. The van der Waals surface area contributed by atoms with Gasteiger partial charge in [-0.3, -0.25) is 14.3 Å². The Morgan fingerprint density at radius 3 is 2.74 bits per heavy atom. The zero-order chi connectivity index (χ0) is 24.1. The molecule has 0 spiro atoms. The number of anilines is 1. The van der Waals surface area contributed by atoms with E-state index in [4.69, 9.17) is 25.2 Å². The minimum Gasteiger partial charge on any atom is -0.486 e. The highest BCUT2D eigenvalue weighted by atomic mass is 35.5. The van der Waals surface area contributed by atoms with E-state index < -0.39 is 11.8 Å². The molecule has 0 saturated carbocycles. The van der Waals surface area contributed by atoms with Crippen LogP contribution in [0.1, 0.15) is 45.1 Å². The fourth-order valence-electron chi connectivity index (χ4n) is 3.13. The molecule has 2 amide bonds. The van der Waals surface area contributed by atoms with Crippen LogP contribution in [0.25, 0.3) is 0 Å². The minimum absolute atomic E-state index is 0.0806. The number of benzene rings is 1. The van der Waals surface area contributed by atoms with Gasteiger partial charge in [-0.05, 0) is 61.9 Å². The molecule has 0 aliphatic rings. The van der Waals surface area contributed by atoms with Crippen molar-refractivity contribution >= 4 is 29.1 Å². The molecule has 0 saturated heterocycles. The van der Waals surface area contributed by atoms with Gasteiger partial charge in [-0.25, -0.2) is 0 Å². The van der Waals surface area contributed by atoms with Gasteiger partial charge in [0.15, 0.2) is 11.5 Å². The van der Waals surface area contributed by atoms with E-state index in [1.165, 1.54) is 6.26 Å². The second kappa shape index (κ2) is 10.3. The quantitative estimate of drug-likeness (QED) is 0.354. The molecule has 10 heteroatoms. The second-order valence-electron chi connectivity index (χ2n) is 7.43. The molecular weight excluding hydrogens is 460 g/mol. The van der Waals surface area contributed by atoms with Gasteiger partial charge in [0.2, 0.25) is 0 Å². The first kappa shape index (κ1) is 23.2. The van der Waals surface area contributed by atoms with Gasteiger partial charge in [-0.15, -0.1) is 0 Å². The summed E-state index contributed by atoms with van der Waals surface area (Å²) in [6.07, 6.45) is 3.12. The number of hydrogen-bond acceptors (Lipinski definition) is 6. The molecule has 4 rings (SSSR count). The van der Waals surface area contributed by atoms with Crippen LogP contribution in [0.2, 0.25) is 5.02 Å². The average molecular weight is 483 g/mol. The number of carbonyl (C=O) groups is 2. The summed E-state index contributed by atoms with van der Waals surface area (Å²) in [7, 11) is 0. The number of nitrogens with zero attached hydrogens (tertiary/aromatic N) is 2. The van der Waals surface area contributed by atoms with E-state index in [0.29, 0.717) is 28.8 Å². The third-order valence-electron chi connectivity index (χ3n) is 4.95. The lowest BCUT2D eigenvalue weighted by atomic mass is 10.2. The number of aromatic nitrogens is 2. The molecule has 0 aliphatic carbocycles. The Balaban J connectivity index is 1.40. The molecule has 0 fully saturated rings. The molecule has 3 aromatic heterocycles. The Kier molecular flexibility index (Phi) is 7.03. The summed E-state index contributed by atoms with van der Waals surface area (Å²) in [6, 6.07) is 12.0. The Hall–Kier alpha value is -3.98. The summed E-state index contributed by atoms with van der Waals surface area (Å²) in [5.41, 5.74) is 1.26. The fraction of sp³-hybridized carbons (Fsp3) is 0.208. The van der Waals surface area contributed by atoms with Gasteiger partial charge in [-0.2, -0.15) is 5.10 Å². The number of ether oxygens (including phenoxy) is 1. The van der Waals surface area contributed by atoms with Gasteiger partial charge in [-0.1, -0.05) is 11.6 Å². The van der Waals surface area contributed by atoms with Gasteiger partial charge in [0.25, 0.3) is 11.8 Å². The largest absolute Gasteiger partial charge is 0.486 e. The third-order valence-corrected chi connectivity index (χ3v) is 5.37.